The number of anilines is 1. The van der Waals surface area contributed by atoms with E-state index in [-0.39, 0.29) is 0 Å². The van der Waals surface area contributed by atoms with Crippen molar-refractivity contribution < 1.29 is 4.58 Å². The summed E-state index contributed by atoms with van der Waals surface area (Å²) in [5.74, 6) is 6.78. The van der Waals surface area contributed by atoms with E-state index < -0.39 is 0 Å². The molecule has 0 heterocycles. The second-order valence-corrected chi connectivity index (χ2v) is 7.24. The number of allylic oxidation sites excluding steroid dienone is 6. The first kappa shape index (κ1) is 17.1. The fourth-order valence-electron chi connectivity index (χ4n) is 3.44. The Hall–Kier alpha value is -3.31. The highest BCUT2D eigenvalue weighted by Gasteiger charge is 2.28. The second-order valence-electron chi connectivity index (χ2n) is 7.24. The normalized spacial score (nSPS) is 14.2. The SMILES string of the molecule is CN(C)c1ccc2c(c1)C1=CC(=[N+](C)C)C=CC1=C2C#Cc1ccccc1. The number of benzene rings is 2. The molecule has 0 saturated heterocycles. The van der Waals surface area contributed by atoms with Crippen LogP contribution in [0, 0.1) is 11.8 Å². The van der Waals surface area contributed by atoms with Gasteiger partial charge < -0.3 is 4.90 Å². The first-order valence-electron chi connectivity index (χ1n) is 9.12. The Bertz CT molecular complexity index is 1090. The molecule has 0 unspecified atom stereocenters. The van der Waals surface area contributed by atoms with Gasteiger partial charge in [0.15, 0.2) is 5.71 Å². The fraction of sp³-hybridized carbons (Fsp3) is 0.160. The zero-order chi connectivity index (χ0) is 19.0. The van der Waals surface area contributed by atoms with Crippen LogP contribution in [-0.4, -0.2) is 38.5 Å². The predicted molar refractivity (Wildman–Crippen MR) is 115 cm³/mol. The molecular formula is C25H23N2+. The minimum absolute atomic E-state index is 1.04. The van der Waals surface area contributed by atoms with E-state index in [0.717, 1.165) is 11.1 Å². The van der Waals surface area contributed by atoms with Crippen LogP contribution in [0.1, 0.15) is 16.7 Å². The predicted octanol–water partition coefficient (Wildman–Crippen LogP) is 4.24. The van der Waals surface area contributed by atoms with Crippen LogP contribution in [0.5, 0.6) is 0 Å². The van der Waals surface area contributed by atoms with Gasteiger partial charge in [-0.25, -0.2) is 4.58 Å². The Labute approximate surface area is 161 Å². The molecule has 2 aliphatic rings. The molecule has 2 aliphatic carbocycles. The van der Waals surface area contributed by atoms with Gasteiger partial charge in [0.05, 0.1) is 0 Å². The van der Waals surface area contributed by atoms with Gasteiger partial charge in [0, 0.05) is 43.1 Å². The average Bonchev–Trinajstić information content (AvgIpc) is 2.99. The van der Waals surface area contributed by atoms with E-state index >= 15 is 0 Å². The van der Waals surface area contributed by atoms with Gasteiger partial charge in [0.25, 0.3) is 0 Å². The average molecular weight is 351 g/mol. The highest BCUT2D eigenvalue weighted by Crippen LogP contribution is 2.44. The molecule has 2 aromatic carbocycles. The van der Waals surface area contributed by atoms with Gasteiger partial charge in [0.2, 0.25) is 0 Å². The first-order chi connectivity index (χ1) is 13.0. The third-order valence-corrected chi connectivity index (χ3v) is 4.97. The fourth-order valence-corrected chi connectivity index (χ4v) is 3.44. The zero-order valence-corrected chi connectivity index (χ0v) is 16.2. The van der Waals surface area contributed by atoms with Gasteiger partial charge in [-0.3, -0.25) is 0 Å². The summed E-state index contributed by atoms with van der Waals surface area (Å²) in [6.07, 6.45) is 6.64. The Morgan fingerprint density at radius 1 is 0.852 bits per heavy atom. The van der Waals surface area contributed by atoms with E-state index in [1.807, 2.05) is 18.2 Å². The monoisotopic (exact) mass is 351 g/mol. The summed E-state index contributed by atoms with van der Waals surface area (Å²) in [5, 5.41) is 0. The van der Waals surface area contributed by atoms with Gasteiger partial charge in [-0.2, -0.15) is 0 Å². The van der Waals surface area contributed by atoms with Crippen molar-refractivity contribution in [1.82, 2.24) is 0 Å². The third kappa shape index (κ3) is 3.13. The highest BCUT2D eigenvalue weighted by molar-refractivity contribution is 6.18. The van der Waals surface area contributed by atoms with Crippen molar-refractivity contribution in [2.75, 3.05) is 33.1 Å². The molecule has 0 bridgehead atoms. The molecule has 0 amide bonds. The van der Waals surface area contributed by atoms with Crippen molar-refractivity contribution in [3.8, 4) is 11.8 Å². The summed E-state index contributed by atoms with van der Waals surface area (Å²) >= 11 is 0. The zero-order valence-electron chi connectivity index (χ0n) is 16.2. The Morgan fingerprint density at radius 2 is 1.63 bits per heavy atom. The molecule has 0 spiro atoms. The molecule has 132 valence electrons. The molecule has 0 N–H and O–H groups in total. The second kappa shape index (κ2) is 6.78. The van der Waals surface area contributed by atoms with Crippen LogP contribution < -0.4 is 4.90 Å². The summed E-state index contributed by atoms with van der Waals surface area (Å²) in [5.41, 5.74) is 9.51. The number of nitrogens with zero attached hydrogens (tertiary/aromatic N) is 2. The molecule has 0 aromatic heterocycles. The van der Waals surface area contributed by atoms with Gasteiger partial charge in [-0.05, 0) is 52.6 Å². The van der Waals surface area contributed by atoms with Crippen molar-refractivity contribution in [3.05, 3.63) is 89.0 Å². The highest BCUT2D eigenvalue weighted by atomic mass is 15.1. The molecule has 0 fully saturated rings. The van der Waals surface area contributed by atoms with Crippen LogP contribution in [0.4, 0.5) is 5.69 Å². The van der Waals surface area contributed by atoms with Gasteiger partial charge in [-0.15, -0.1) is 0 Å². The van der Waals surface area contributed by atoms with Crippen LogP contribution in [0.25, 0.3) is 11.1 Å². The summed E-state index contributed by atoms with van der Waals surface area (Å²) in [6, 6.07) is 16.8. The lowest BCUT2D eigenvalue weighted by Gasteiger charge is -2.15. The van der Waals surface area contributed by atoms with E-state index in [2.05, 4.69) is 98.1 Å². The standard InChI is InChI=1S/C25H23N2/c1-26(2)19-11-14-22-21(13-10-18-8-6-5-7-9-18)23-15-12-20(27(3)4)17-25(23)24(22)16-19/h5-9,11-12,14-17H,1-4H3/q+1. The molecule has 0 aliphatic heterocycles. The van der Waals surface area contributed by atoms with Crippen molar-refractivity contribution >= 4 is 22.5 Å². The van der Waals surface area contributed by atoms with E-state index in [1.54, 1.807) is 0 Å². The van der Waals surface area contributed by atoms with Crippen LogP contribution in [0.15, 0.2) is 72.3 Å². The molecule has 27 heavy (non-hydrogen) atoms. The van der Waals surface area contributed by atoms with Gasteiger partial charge >= 0.3 is 0 Å². The van der Waals surface area contributed by atoms with E-state index in [4.69, 9.17) is 0 Å². The van der Waals surface area contributed by atoms with Crippen LogP contribution in [0.2, 0.25) is 0 Å². The summed E-state index contributed by atoms with van der Waals surface area (Å²) in [6.45, 7) is 0. The molecule has 2 heteroatoms. The molecule has 0 saturated carbocycles. The first-order valence-corrected chi connectivity index (χ1v) is 9.12. The minimum Gasteiger partial charge on any atom is -0.378 e. The molecule has 2 aromatic rings. The molecular weight excluding hydrogens is 328 g/mol. The quantitative estimate of drug-likeness (QED) is 0.550. The third-order valence-electron chi connectivity index (χ3n) is 4.97. The van der Waals surface area contributed by atoms with Gasteiger partial charge in [0.1, 0.15) is 14.1 Å². The van der Waals surface area contributed by atoms with Crippen molar-refractivity contribution in [2.24, 2.45) is 0 Å². The van der Waals surface area contributed by atoms with Crippen molar-refractivity contribution in [3.63, 3.8) is 0 Å². The summed E-state index contributed by atoms with van der Waals surface area (Å²) in [7, 11) is 8.31. The molecule has 2 nitrogen and oxygen atoms in total. The smallest absolute Gasteiger partial charge is 0.200 e. The van der Waals surface area contributed by atoms with Crippen molar-refractivity contribution in [1.29, 1.82) is 0 Å². The van der Waals surface area contributed by atoms with Crippen LogP contribution in [0.3, 0.4) is 0 Å². The number of fused-ring (bicyclic) bond motifs is 3. The number of hydrogen-bond donors (Lipinski definition) is 0. The lowest BCUT2D eigenvalue weighted by Crippen LogP contribution is -2.11. The Kier molecular flexibility index (Phi) is 4.30. The lowest BCUT2D eigenvalue weighted by atomic mass is 9.96. The summed E-state index contributed by atoms with van der Waals surface area (Å²) < 4.78 is 2.14. The molecule has 4 rings (SSSR count). The lowest BCUT2D eigenvalue weighted by molar-refractivity contribution is -0.462. The topological polar surface area (TPSA) is 6.25 Å². The van der Waals surface area contributed by atoms with E-state index in [0.29, 0.717) is 0 Å². The largest absolute Gasteiger partial charge is 0.378 e. The van der Waals surface area contributed by atoms with Crippen molar-refractivity contribution in [2.45, 2.75) is 0 Å². The minimum atomic E-state index is 1.04. The Balaban J connectivity index is 1.90. The van der Waals surface area contributed by atoms with E-state index in [9.17, 15) is 0 Å². The molecule has 0 radical (unpaired) electrons. The number of hydrogen-bond acceptors (Lipinski definition) is 1. The maximum Gasteiger partial charge on any atom is 0.200 e. The number of rotatable bonds is 1. The van der Waals surface area contributed by atoms with Gasteiger partial charge in [-0.1, -0.05) is 36.1 Å². The maximum atomic E-state index is 3.45. The Morgan fingerprint density at radius 3 is 2.33 bits per heavy atom. The van der Waals surface area contributed by atoms with Crippen LogP contribution >= 0.6 is 0 Å². The van der Waals surface area contributed by atoms with E-state index in [1.165, 1.54) is 33.7 Å². The van der Waals surface area contributed by atoms with Crippen LogP contribution in [-0.2, 0) is 0 Å². The summed E-state index contributed by atoms with van der Waals surface area (Å²) in [4.78, 5) is 2.14. The molecule has 0 atom stereocenters. The maximum absolute atomic E-state index is 3.45.